The van der Waals surface area contributed by atoms with Gasteiger partial charge in [-0.15, -0.1) is 0 Å². The molecule has 3 N–H and O–H groups in total. The van der Waals surface area contributed by atoms with Crippen LogP contribution in [0.1, 0.15) is 211 Å². The van der Waals surface area contributed by atoms with Gasteiger partial charge in [-0.2, -0.15) is 0 Å². The number of aromatic nitrogens is 2. The molecule has 0 aliphatic carbocycles. The minimum absolute atomic E-state index is 0.0136. The fourth-order valence-corrected chi connectivity index (χ4v) is 11.3. The molecular weight excluding hydrogens is 1320 g/mol. The number of aliphatic carboxylic acids is 1. The highest BCUT2D eigenvalue weighted by molar-refractivity contribution is 9.09. The molecule has 1 aromatic heterocycles. The van der Waals surface area contributed by atoms with Crippen molar-refractivity contribution in [1.29, 1.82) is 0 Å². The number of aliphatic imine (C=N–C) groups is 1. The Bertz CT molecular complexity index is 3780. The highest BCUT2D eigenvalue weighted by Gasteiger charge is 2.51. The van der Waals surface area contributed by atoms with E-state index in [1.165, 1.54) is 51.4 Å². The number of benzene rings is 6. The molecule has 3 heterocycles. The zero-order valence-electron chi connectivity index (χ0n) is 61.7. The number of amides is 2. The van der Waals surface area contributed by atoms with Gasteiger partial charge in [-0.05, 0) is 189 Å². The third kappa shape index (κ3) is 24.6. The number of ether oxygens (including phenoxy) is 3. The van der Waals surface area contributed by atoms with E-state index in [1.807, 2.05) is 186 Å². The highest BCUT2D eigenvalue weighted by atomic mass is 79.9. The van der Waals surface area contributed by atoms with Gasteiger partial charge < -0.3 is 43.8 Å². The number of nitrogens with zero attached hydrogens (tertiary/aromatic N) is 4. The summed E-state index contributed by atoms with van der Waals surface area (Å²) >= 11 is 3.43. The summed E-state index contributed by atoms with van der Waals surface area (Å²) in [7, 11) is -0.462. The van der Waals surface area contributed by atoms with Crippen molar-refractivity contribution >= 4 is 70.5 Å². The van der Waals surface area contributed by atoms with Crippen LogP contribution in [0.3, 0.4) is 0 Å². The van der Waals surface area contributed by atoms with E-state index in [0.29, 0.717) is 17.5 Å². The highest BCUT2D eigenvalue weighted by Crippen LogP contribution is 2.37. The SMILES string of the molecule is CC(C)(C)OC(=O)[C@H](Cc1ccc(B2OC(C)(C)C(C)(C)O2)cc1)NC(=O)c1ccc(C(C)(C)C)cc1.CCCCCCCOc1ccc(-n2cnc(-c3ccc(C[C@H](NC(=O)c4ccc(C(C)(C)C)cc4)C(=O)O)cc3)c2)cc1.CCCCCCCOc1ccc([N+]2=CC(Br)N=C2)cc1. The van der Waals surface area contributed by atoms with Gasteiger partial charge in [-0.25, -0.2) is 19.1 Å². The molecule has 16 nitrogen and oxygen atoms in total. The van der Waals surface area contributed by atoms with E-state index < -0.39 is 53.9 Å². The van der Waals surface area contributed by atoms with Crippen LogP contribution in [0.4, 0.5) is 5.69 Å². The second-order valence-corrected chi connectivity index (χ2v) is 30.8. The van der Waals surface area contributed by atoms with Crippen molar-refractivity contribution in [2.75, 3.05) is 13.2 Å². The van der Waals surface area contributed by atoms with Gasteiger partial charge in [0.15, 0.2) is 0 Å². The number of carbonyl (C=O) groups excluding carboxylic acids is 3. The normalized spacial score (nSPS) is 15.3. The summed E-state index contributed by atoms with van der Waals surface area (Å²) in [6.07, 6.45) is 20.4. The van der Waals surface area contributed by atoms with E-state index in [4.69, 9.17) is 23.5 Å². The van der Waals surface area contributed by atoms with Crippen LogP contribution >= 0.6 is 15.9 Å². The van der Waals surface area contributed by atoms with Gasteiger partial charge in [0.2, 0.25) is 4.95 Å². The molecule has 534 valence electrons. The van der Waals surface area contributed by atoms with Gasteiger partial charge in [0.25, 0.3) is 18.2 Å². The topological polar surface area (TPSA) is 192 Å². The van der Waals surface area contributed by atoms with Gasteiger partial charge in [0.1, 0.15) is 41.1 Å². The molecule has 1 saturated heterocycles. The van der Waals surface area contributed by atoms with E-state index in [1.54, 1.807) is 30.6 Å². The minimum atomic E-state index is -1.08. The number of rotatable bonds is 28. The molecule has 0 bridgehead atoms. The molecule has 0 radical (unpaired) electrons. The van der Waals surface area contributed by atoms with Crippen LogP contribution in [0.15, 0.2) is 163 Å². The summed E-state index contributed by atoms with van der Waals surface area (Å²) in [6, 6.07) is 44.4. The lowest BCUT2D eigenvalue weighted by atomic mass is 9.78. The van der Waals surface area contributed by atoms with Crippen molar-refractivity contribution in [2.45, 2.75) is 226 Å². The molecule has 9 rings (SSSR count). The Morgan fingerprint density at radius 1 is 0.600 bits per heavy atom. The molecule has 7 aromatic rings. The predicted octanol–water partition coefficient (Wildman–Crippen LogP) is 17.1. The molecule has 2 aliphatic heterocycles. The zero-order chi connectivity index (χ0) is 72.8. The number of esters is 1. The summed E-state index contributed by atoms with van der Waals surface area (Å²) in [5.74, 6) is -0.463. The third-order valence-corrected chi connectivity index (χ3v) is 18.2. The lowest BCUT2D eigenvalue weighted by Crippen LogP contribution is -2.45. The van der Waals surface area contributed by atoms with Crippen molar-refractivity contribution in [2.24, 2.45) is 4.99 Å². The summed E-state index contributed by atoms with van der Waals surface area (Å²) in [5, 5.41) is 15.3. The first-order valence-electron chi connectivity index (χ1n) is 35.4. The molecule has 100 heavy (non-hydrogen) atoms. The molecular formula is C82H107BBrN6O10+. The van der Waals surface area contributed by atoms with Crippen molar-refractivity contribution in [3.8, 4) is 28.4 Å². The Labute approximate surface area is 603 Å². The maximum absolute atomic E-state index is 13.1. The maximum atomic E-state index is 13.1. The average molecular weight is 1430 g/mol. The van der Waals surface area contributed by atoms with Crippen molar-refractivity contribution < 1.29 is 52.4 Å². The van der Waals surface area contributed by atoms with Gasteiger partial charge in [0.05, 0.1) is 36.4 Å². The number of hydrogen-bond acceptors (Lipinski definition) is 11. The first-order chi connectivity index (χ1) is 47.3. The Kier molecular flexibility index (Phi) is 28.8. The van der Waals surface area contributed by atoms with Crippen molar-refractivity contribution in [3.05, 3.63) is 191 Å². The average Bonchev–Trinajstić information content (AvgIpc) is 1.63. The van der Waals surface area contributed by atoms with Gasteiger partial charge >= 0.3 is 19.1 Å². The Morgan fingerprint density at radius 2 is 1.05 bits per heavy atom. The molecule has 1 unspecified atom stereocenters. The van der Waals surface area contributed by atoms with Crippen LogP contribution in [0.5, 0.6) is 11.5 Å². The molecule has 2 aliphatic rings. The molecule has 18 heteroatoms. The Hall–Kier alpha value is -8.19. The number of carbonyl (C=O) groups is 4. The lowest BCUT2D eigenvalue weighted by molar-refractivity contribution is -0.285. The standard InChI is InChI=1S/C36H43N3O4.C30H42BNO5.C16H22BrN2O/c1-5-6-7-8-9-22-43-31-20-18-30(19-21-31)39-24-33(37-25-39)27-12-10-26(11-13-27)23-32(35(41)42)38-34(40)28-14-16-29(17-15-28)36(2,3)4;1-27(2,3)22-15-13-21(14-16-22)25(33)32-24(26(34)35-28(4,5)6)19-20-11-17-23(18-12-20)31-36-29(7,8)30(9,10)37-31;1-2-3-4-5-6-11-20-15-9-7-14(8-10-15)19-12-16(17)18-13-19/h10-21,24-25,32H,5-9,22-23H2,1-4H3,(H,38,40)(H,41,42);11-18,24H,19H2,1-10H3,(H,32,33);7-10,12-13,16H,2-6,11H2,1H3/q;;+1/t32-;24-;/m00./s1. The first kappa shape index (κ1) is 79.1. The number of halogens is 1. The number of carboxylic acid groups (broad SMARTS) is 1. The maximum Gasteiger partial charge on any atom is 0.494 e. The number of carboxylic acids is 1. The number of nitrogens with one attached hydrogen (secondary N) is 2. The summed E-state index contributed by atoms with van der Waals surface area (Å²) < 4.78 is 33.5. The number of unbranched alkanes of at least 4 members (excludes halogenated alkanes) is 8. The van der Waals surface area contributed by atoms with Crippen LogP contribution in [-0.4, -0.2) is 110 Å². The predicted molar refractivity (Wildman–Crippen MR) is 407 cm³/mol. The van der Waals surface area contributed by atoms with Crippen molar-refractivity contribution in [3.63, 3.8) is 0 Å². The van der Waals surface area contributed by atoms with E-state index in [0.717, 1.165) is 87.9 Å². The van der Waals surface area contributed by atoms with Crippen LogP contribution in [0.25, 0.3) is 16.9 Å². The molecule has 6 aromatic carbocycles. The van der Waals surface area contributed by atoms with Gasteiger partial charge in [-0.3, -0.25) is 9.59 Å². The summed E-state index contributed by atoms with van der Waals surface area (Å²) in [4.78, 5) is 59.8. The van der Waals surface area contributed by atoms with E-state index in [-0.39, 0.29) is 28.1 Å². The van der Waals surface area contributed by atoms with Crippen molar-refractivity contribution in [1.82, 2.24) is 20.2 Å². The second-order valence-electron chi connectivity index (χ2n) is 29.9. The number of alkyl halides is 1. The monoisotopic (exact) mass is 1430 g/mol. The molecule has 2 amide bonds. The van der Waals surface area contributed by atoms with Crippen LogP contribution in [0, 0.1) is 0 Å². The molecule has 3 atom stereocenters. The van der Waals surface area contributed by atoms with E-state index in [2.05, 4.69) is 104 Å². The quantitative estimate of drug-likeness (QED) is 0.0106. The second kappa shape index (κ2) is 36.4. The third-order valence-electron chi connectivity index (χ3n) is 17.8. The fourth-order valence-electron chi connectivity index (χ4n) is 10.9. The largest absolute Gasteiger partial charge is 0.494 e. The molecule has 0 spiro atoms. The van der Waals surface area contributed by atoms with Crippen LogP contribution < -0.4 is 25.6 Å². The summed E-state index contributed by atoms with van der Waals surface area (Å²) in [6.45, 7) is 32.2. The minimum Gasteiger partial charge on any atom is -0.494 e. The number of hydrogen-bond donors (Lipinski definition) is 3. The van der Waals surface area contributed by atoms with Gasteiger partial charge in [0, 0.05) is 41.4 Å². The Balaban J connectivity index is 0.000000224. The van der Waals surface area contributed by atoms with Gasteiger partial charge in [-0.1, -0.05) is 185 Å². The first-order valence-corrected chi connectivity index (χ1v) is 36.4. The summed E-state index contributed by atoms with van der Waals surface area (Å²) in [5.41, 5.74) is 8.02. The van der Waals surface area contributed by atoms with E-state index in [9.17, 15) is 24.3 Å². The molecule has 0 saturated carbocycles. The molecule has 1 fully saturated rings. The smallest absolute Gasteiger partial charge is 0.494 e. The Morgan fingerprint density at radius 3 is 1.49 bits per heavy atom. The fraction of sp³-hybridized carbons (Fsp3) is 0.451. The zero-order valence-corrected chi connectivity index (χ0v) is 63.2. The van der Waals surface area contributed by atoms with Crippen LogP contribution in [0.2, 0.25) is 0 Å². The van der Waals surface area contributed by atoms with Crippen LogP contribution in [-0.2, 0) is 47.3 Å². The lowest BCUT2D eigenvalue weighted by Gasteiger charge is -2.32. The van der Waals surface area contributed by atoms with E-state index >= 15 is 0 Å². The number of imidazole rings is 1.